The zero-order valence-electron chi connectivity index (χ0n) is 30.0. The highest BCUT2D eigenvalue weighted by Gasteiger charge is 2.45. The van der Waals surface area contributed by atoms with E-state index in [1.807, 2.05) is 18.7 Å². The quantitative estimate of drug-likeness (QED) is 0.0923. The molecule has 14 heteroatoms. The van der Waals surface area contributed by atoms with Crippen molar-refractivity contribution < 1.29 is 37.0 Å². The highest BCUT2D eigenvalue weighted by molar-refractivity contribution is 5.76. The number of hydrazine groups is 1. The fourth-order valence-electron chi connectivity index (χ4n) is 7.21. The van der Waals surface area contributed by atoms with E-state index in [2.05, 4.69) is 16.5 Å². The molecule has 1 aliphatic heterocycles. The molecule has 0 radical (unpaired) electrons. The van der Waals surface area contributed by atoms with Gasteiger partial charge in [0.1, 0.15) is 17.7 Å². The Morgan fingerprint density at radius 2 is 1.63 bits per heavy atom. The van der Waals surface area contributed by atoms with E-state index in [0.717, 1.165) is 25.0 Å². The second kappa shape index (κ2) is 16.0. The number of aliphatic carboxylic acids is 1. The minimum atomic E-state index is -4.70. The molecule has 2 aliphatic rings. The molecule has 1 aliphatic carbocycles. The summed E-state index contributed by atoms with van der Waals surface area (Å²) in [5.74, 6) is 5.08. The molecule has 1 saturated heterocycles. The number of aromatic nitrogens is 2. The largest absolute Gasteiger partial charge is 0.481 e. The average molecular weight is 719 g/mol. The summed E-state index contributed by atoms with van der Waals surface area (Å²) in [4.78, 5) is 38.6. The van der Waals surface area contributed by atoms with Crippen LogP contribution in [0.1, 0.15) is 101 Å². The fourth-order valence-corrected chi connectivity index (χ4v) is 7.21. The number of halogens is 4. The van der Waals surface area contributed by atoms with Crippen molar-refractivity contribution in [3.63, 3.8) is 0 Å². The third-order valence-electron chi connectivity index (χ3n) is 10.1. The molecule has 280 valence electrons. The number of benzene rings is 1. The summed E-state index contributed by atoms with van der Waals surface area (Å²) in [7, 11) is 1.65. The molecule has 4 rings (SSSR count). The normalized spacial score (nSPS) is 20.9. The molecular weight excluding hydrogens is 668 g/mol. The number of carboxylic acid groups (broad SMARTS) is 1. The molecule has 1 aromatic heterocycles. The van der Waals surface area contributed by atoms with E-state index in [0.29, 0.717) is 49.7 Å². The number of allylic oxidation sites excluding steroid dienone is 2. The number of carboxylic acids is 1. The van der Waals surface area contributed by atoms with Gasteiger partial charge in [-0.15, -0.1) is 0 Å². The van der Waals surface area contributed by atoms with Gasteiger partial charge in [0.05, 0.1) is 5.56 Å². The molecule has 0 bridgehead atoms. The van der Waals surface area contributed by atoms with E-state index >= 15 is 4.39 Å². The molecule has 2 fully saturated rings. The van der Waals surface area contributed by atoms with Crippen molar-refractivity contribution in [3.05, 3.63) is 71.7 Å². The first kappa shape index (κ1) is 39.6. The first-order valence-corrected chi connectivity index (χ1v) is 17.4. The van der Waals surface area contributed by atoms with Gasteiger partial charge in [-0.2, -0.15) is 13.2 Å². The van der Waals surface area contributed by atoms with Gasteiger partial charge in [0, 0.05) is 61.4 Å². The molecule has 1 aromatic carbocycles. The van der Waals surface area contributed by atoms with Crippen LogP contribution < -0.4 is 10.7 Å². The van der Waals surface area contributed by atoms with E-state index in [9.17, 15) is 27.9 Å². The Hall–Kier alpha value is -4.20. The number of carbonyl (C=O) groups excluding carboxylic acids is 1. The SMILES string of the molecule is C=C/C(=C\N(C)N)c1cnc(N(Cc2cc(C(C)(C)F)cc(C(F)(F)F)c2)C2C[C@@H](CC)N(C(=O)OCC3(C(=O)O)CCCC3)[C@@H](CC)C2)nc1. The first-order valence-electron chi connectivity index (χ1n) is 17.4. The molecule has 1 unspecified atom stereocenters. The number of hydrogen-bond acceptors (Lipinski definition) is 8. The smallest absolute Gasteiger partial charge is 0.416 e. The van der Waals surface area contributed by atoms with Gasteiger partial charge in [-0.1, -0.05) is 45.4 Å². The third kappa shape index (κ3) is 9.38. The maximum Gasteiger partial charge on any atom is 0.416 e. The average Bonchev–Trinajstić information content (AvgIpc) is 3.57. The Kier molecular flexibility index (Phi) is 12.4. The van der Waals surface area contributed by atoms with Crippen LogP contribution in [0.25, 0.3) is 5.57 Å². The number of piperidine rings is 1. The lowest BCUT2D eigenvalue weighted by Gasteiger charge is -2.47. The molecule has 10 nitrogen and oxygen atoms in total. The third-order valence-corrected chi connectivity index (χ3v) is 10.1. The number of anilines is 1. The van der Waals surface area contributed by atoms with Gasteiger partial charge in [0.2, 0.25) is 5.95 Å². The number of likely N-dealkylation sites (tertiary alicyclic amines) is 1. The molecule has 51 heavy (non-hydrogen) atoms. The highest BCUT2D eigenvalue weighted by Crippen LogP contribution is 2.40. The number of ether oxygens (including phenoxy) is 1. The minimum absolute atomic E-state index is 0.0643. The second-order valence-electron chi connectivity index (χ2n) is 14.2. The second-order valence-corrected chi connectivity index (χ2v) is 14.2. The summed E-state index contributed by atoms with van der Waals surface area (Å²) in [6.07, 6.45) is 5.45. The topological polar surface area (TPSA) is 125 Å². The summed E-state index contributed by atoms with van der Waals surface area (Å²) >= 11 is 0. The Labute approximate surface area is 297 Å². The predicted molar refractivity (Wildman–Crippen MR) is 187 cm³/mol. The summed E-state index contributed by atoms with van der Waals surface area (Å²) in [5.41, 5.74) is -2.69. The van der Waals surface area contributed by atoms with Crippen molar-refractivity contribution in [2.24, 2.45) is 11.3 Å². The predicted octanol–water partition coefficient (Wildman–Crippen LogP) is 7.84. The molecule has 3 atom stereocenters. The van der Waals surface area contributed by atoms with Gasteiger partial charge >= 0.3 is 18.2 Å². The Morgan fingerprint density at radius 1 is 1.06 bits per heavy atom. The number of carbonyl (C=O) groups is 2. The molecule has 0 spiro atoms. The summed E-state index contributed by atoms with van der Waals surface area (Å²) in [6.45, 7) is 9.86. The van der Waals surface area contributed by atoms with Gasteiger partial charge in [0.25, 0.3) is 0 Å². The zero-order valence-corrected chi connectivity index (χ0v) is 30.0. The zero-order chi connectivity index (χ0) is 37.7. The Morgan fingerprint density at radius 3 is 2.10 bits per heavy atom. The van der Waals surface area contributed by atoms with E-state index in [-0.39, 0.29) is 48.4 Å². The van der Waals surface area contributed by atoms with Gasteiger partial charge in [0.15, 0.2) is 0 Å². The lowest BCUT2D eigenvalue weighted by atomic mass is 9.87. The Bertz CT molecular complexity index is 1520. The van der Waals surface area contributed by atoms with Crippen molar-refractivity contribution >= 4 is 23.6 Å². The van der Waals surface area contributed by atoms with Gasteiger partial charge in [-0.05, 0) is 75.6 Å². The van der Waals surface area contributed by atoms with Crippen LogP contribution in [0.15, 0.2) is 49.4 Å². The number of hydrogen-bond donors (Lipinski definition) is 2. The molecular formula is C37H50F4N6O4. The number of nitrogens with zero attached hydrogens (tertiary/aromatic N) is 5. The Balaban J connectivity index is 1.72. The maximum absolute atomic E-state index is 15.2. The molecule has 1 saturated carbocycles. The highest BCUT2D eigenvalue weighted by atomic mass is 19.4. The van der Waals surface area contributed by atoms with Gasteiger partial charge in [-0.3, -0.25) is 4.79 Å². The van der Waals surface area contributed by atoms with Crippen molar-refractivity contribution in [2.75, 3.05) is 18.6 Å². The fraction of sp³-hybridized carbons (Fsp3) is 0.568. The van der Waals surface area contributed by atoms with Crippen molar-refractivity contribution in [1.82, 2.24) is 19.9 Å². The van der Waals surface area contributed by atoms with E-state index in [1.54, 1.807) is 36.6 Å². The van der Waals surface area contributed by atoms with Crippen molar-refractivity contribution in [3.8, 4) is 0 Å². The lowest BCUT2D eigenvalue weighted by molar-refractivity contribution is -0.151. The molecule has 3 N–H and O–H groups in total. The first-order chi connectivity index (χ1) is 23.9. The van der Waals surface area contributed by atoms with E-state index in [1.165, 1.54) is 24.9 Å². The number of alkyl halides is 4. The van der Waals surface area contributed by atoms with Crippen molar-refractivity contribution in [2.45, 2.75) is 116 Å². The van der Waals surface area contributed by atoms with Crippen molar-refractivity contribution in [1.29, 1.82) is 0 Å². The minimum Gasteiger partial charge on any atom is -0.481 e. The van der Waals surface area contributed by atoms with E-state index < -0.39 is 34.9 Å². The molecule has 2 heterocycles. The van der Waals surface area contributed by atoms with Crippen LogP contribution in [-0.2, 0) is 27.9 Å². The molecule has 1 amide bonds. The monoisotopic (exact) mass is 718 g/mol. The number of amides is 1. The maximum atomic E-state index is 15.2. The van der Waals surface area contributed by atoms with Crippen LogP contribution >= 0.6 is 0 Å². The van der Waals surface area contributed by atoms with Gasteiger partial charge in [-0.25, -0.2) is 25.0 Å². The molecule has 2 aromatic rings. The summed E-state index contributed by atoms with van der Waals surface area (Å²) in [5, 5.41) is 11.3. The van der Waals surface area contributed by atoms with Crippen LogP contribution in [0.4, 0.5) is 28.3 Å². The van der Waals surface area contributed by atoms with Crippen LogP contribution in [0, 0.1) is 5.41 Å². The van der Waals surface area contributed by atoms with Gasteiger partial charge < -0.3 is 24.7 Å². The summed E-state index contributed by atoms with van der Waals surface area (Å²) < 4.78 is 63.1. The van der Waals surface area contributed by atoms with E-state index in [4.69, 9.17) is 10.6 Å². The van der Waals surface area contributed by atoms with Crippen LogP contribution in [0.2, 0.25) is 0 Å². The number of rotatable bonds is 13. The van der Waals surface area contributed by atoms with Crippen LogP contribution in [0.5, 0.6) is 0 Å². The summed E-state index contributed by atoms with van der Waals surface area (Å²) in [6, 6.07) is 2.30. The van der Waals surface area contributed by atoms with Crippen LogP contribution in [-0.4, -0.2) is 68.8 Å². The van der Waals surface area contributed by atoms with Crippen LogP contribution in [0.3, 0.4) is 0 Å². The standard InChI is InChI=1S/C37H50F4N6O4/c1-7-25(22-45(6)42)26-19-43-33(44-20-26)46(21-24-14-27(35(4,5)38)16-28(15-24)37(39,40)41)31-17-29(8-2)47(30(9-3)18-31)34(50)51-23-36(32(48)49)12-10-11-13-36/h7,14-16,19-20,22,29-31H,1,8-13,17-18,21,23,42H2,2-6H3,(H,48,49)/b25-22+/t29-,30+,31?. The lowest BCUT2D eigenvalue weighted by Crippen LogP contribution is -2.57. The number of nitrogens with two attached hydrogens (primary N) is 1.